The molecule has 134 valence electrons. The van der Waals surface area contributed by atoms with Crippen molar-refractivity contribution in [2.24, 2.45) is 0 Å². The van der Waals surface area contributed by atoms with E-state index in [0.717, 1.165) is 28.3 Å². The molecule has 0 saturated carbocycles. The lowest BCUT2D eigenvalue weighted by Gasteiger charge is -2.11. The van der Waals surface area contributed by atoms with Gasteiger partial charge in [-0.2, -0.15) is 0 Å². The number of carbonyl (C=O) groups is 1. The van der Waals surface area contributed by atoms with Crippen molar-refractivity contribution < 1.29 is 9.53 Å². The number of carbonyl (C=O) groups excluding carboxylic acids is 1. The first-order valence-electron chi connectivity index (χ1n) is 8.37. The van der Waals surface area contributed by atoms with Gasteiger partial charge in [0, 0.05) is 5.69 Å². The van der Waals surface area contributed by atoms with Gasteiger partial charge in [-0.25, -0.2) is 4.68 Å². The quantitative estimate of drug-likeness (QED) is 0.738. The monoisotopic (exact) mass is 351 g/mol. The van der Waals surface area contributed by atoms with Crippen molar-refractivity contribution >= 4 is 11.6 Å². The number of hydrogen-bond acceptors (Lipinski definition) is 5. The van der Waals surface area contributed by atoms with E-state index < -0.39 is 0 Å². The third kappa shape index (κ3) is 4.24. The Balaban J connectivity index is 1.54. The first kappa shape index (κ1) is 17.6. The standard InChI is InChI=1S/C19H21N5O2/c1-13-4-7-18(15(3)10-13)26-9-8-19(25)21-16-5-6-17(14(2)11-16)24-12-20-22-23-24/h4-7,10-12H,8-9H2,1-3H3,(H,21,25). The number of aromatic nitrogens is 4. The molecule has 0 fully saturated rings. The Morgan fingerprint density at radius 2 is 1.96 bits per heavy atom. The van der Waals surface area contributed by atoms with Crippen molar-refractivity contribution in [3.8, 4) is 11.4 Å². The summed E-state index contributed by atoms with van der Waals surface area (Å²) in [6, 6.07) is 11.6. The largest absolute Gasteiger partial charge is 0.493 e. The summed E-state index contributed by atoms with van der Waals surface area (Å²) in [6.45, 7) is 6.31. The molecule has 0 saturated heterocycles. The minimum atomic E-state index is -0.0932. The van der Waals surface area contributed by atoms with Crippen molar-refractivity contribution in [3.05, 3.63) is 59.4 Å². The maximum Gasteiger partial charge on any atom is 0.227 e. The van der Waals surface area contributed by atoms with Crippen LogP contribution in [0.1, 0.15) is 23.1 Å². The van der Waals surface area contributed by atoms with Gasteiger partial charge in [-0.1, -0.05) is 17.7 Å². The Morgan fingerprint density at radius 3 is 2.65 bits per heavy atom. The van der Waals surface area contributed by atoms with E-state index >= 15 is 0 Å². The van der Waals surface area contributed by atoms with Crippen molar-refractivity contribution in [3.63, 3.8) is 0 Å². The summed E-state index contributed by atoms with van der Waals surface area (Å²) >= 11 is 0. The molecular formula is C19H21N5O2. The molecule has 1 N–H and O–H groups in total. The van der Waals surface area contributed by atoms with Gasteiger partial charge in [0.05, 0.1) is 18.7 Å². The van der Waals surface area contributed by atoms with Crippen LogP contribution in [0.3, 0.4) is 0 Å². The number of nitrogens with zero attached hydrogens (tertiary/aromatic N) is 4. The van der Waals surface area contributed by atoms with Gasteiger partial charge in [0.25, 0.3) is 0 Å². The molecule has 0 atom stereocenters. The molecule has 2 aromatic carbocycles. The molecule has 3 rings (SSSR count). The number of anilines is 1. The van der Waals surface area contributed by atoms with Crippen LogP contribution in [0.5, 0.6) is 5.75 Å². The molecule has 0 aliphatic heterocycles. The Labute approximate surface area is 152 Å². The van der Waals surface area contributed by atoms with E-state index in [1.165, 1.54) is 11.9 Å². The highest BCUT2D eigenvalue weighted by Crippen LogP contribution is 2.20. The molecule has 0 bridgehead atoms. The van der Waals surface area contributed by atoms with Crippen molar-refractivity contribution in [1.82, 2.24) is 20.2 Å². The molecule has 0 unspecified atom stereocenters. The summed E-state index contributed by atoms with van der Waals surface area (Å²) in [6.07, 6.45) is 1.81. The molecule has 0 radical (unpaired) electrons. The Bertz CT molecular complexity index is 906. The van der Waals surface area contributed by atoms with Crippen LogP contribution in [0.4, 0.5) is 5.69 Å². The van der Waals surface area contributed by atoms with E-state index in [-0.39, 0.29) is 12.3 Å². The minimum absolute atomic E-state index is 0.0932. The van der Waals surface area contributed by atoms with Crippen LogP contribution in [-0.2, 0) is 4.79 Å². The van der Waals surface area contributed by atoms with Crippen molar-refractivity contribution in [1.29, 1.82) is 0 Å². The van der Waals surface area contributed by atoms with Gasteiger partial charge in [0.1, 0.15) is 12.1 Å². The van der Waals surface area contributed by atoms with Crippen LogP contribution >= 0.6 is 0 Å². The molecular weight excluding hydrogens is 330 g/mol. The van der Waals surface area contributed by atoms with Crippen LogP contribution in [0.2, 0.25) is 0 Å². The molecule has 7 nitrogen and oxygen atoms in total. The average molecular weight is 351 g/mol. The molecule has 1 amide bonds. The van der Waals surface area contributed by atoms with Gasteiger partial charge in [-0.3, -0.25) is 4.79 Å². The summed E-state index contributed by atoms with van der Waals surface area (Å²) in [4.78, 5) is 12.1. The summed E-state index contributed by atoms with van der Waals surface area (Å²) in [5, 5.41) is 14.0. The zero-order chi connectivity index (χ0) is 18.5. The first-order valence-corrected chi connectivity index (χ1v) is 8.37. The highest BCUT2D eigenvalue weighted by Gasteiger charge is 2.07. The minimum Gasteiger partial charge on any atom is -0.493 e. The predicted molar refractivity (Wildman–Crippen MR) is 98.5 cm³/mol. The van der Waals surface area contributed by atoms with Crippen LogP contribution in [0.25, 0.3) is 5.69 Å². The van der Waals surface area contributed by atoms with E-state index in [1.807, 2.05) is 51.1 Å². The van der Waals surface area contributed by atoms with E-state index in [0.29, 0.717) is 6.61 Å². The highest BCUT2D eigenvalue weighted by atomic mass is 16.5. The molecule has 0 aliphatic carbocycles. The zero-order valence-electron chi connectivity index (χ0n) is 15.1. The molecule has 26 heavy (non-hydrogen) atoms. The van der Waals surface area contributed by atoms with Crippen molar-refractivity contribution in [2.75, 3.05) is 11.9 Å². The topological polar surface area (TPSA) is 81.9 Å². The Kier molecular flexibility index (Phi) is 5.26. The van der Waals surface area contributed by atoms with E-state index in [4.69, 9.17) is 4.74 Å². The third-order valence-corrected chi connectivity index (χ3v) is 3.99. The van der Waals surface area contributed by atoms with E-state index in [2.05, 4.69) is 26.9 Å². The van der Waals surface area contributed by atoms with Gasteiger partial charge in [0.15, 0.2) is 0 Å². The number of tetrazole rings is 1. The van der Waals surface area contributed by atoms with Crippen LogP contribution < -0.4 is 10.1 Å². The molecule has 0 spiro atoms. The lowest BCUT2D eigenvalue weighted by Crippen LogP contribution is -2.15. The second-order valence-corrected chi connectivity index (χ2v) is 6.17. The molecule has 7 heteroatoms. The maximum atomic E-state index is 12.1. The van der Waals surface area contributed by atoms with Crippen LogP contribution in [0.15, 0.2) is 42.7 Å². The fraction of sp³-hybridized carbons (Fsp3) is 0.263. The molecule has 1 heterocycles. The van der Waals surface area contributed by atoms with Gasteiger partial charge < -0.3 is 10.1 Å². The van der Waals surface area contributed by atoms with E-state index in [1.54, 1.807) is 4.68 Å². The van der Waals surface area contributed by atoms with Gasteiger partial charge in [0.2, 0.25) is 5.91 Å². The summed E-state index contributed by atoms with van der Waals surface area (Å²) in [7, 11) is 0. The van der Waals surface area contributed by atoms with Gasteiger partial charge in [-0.05, 0) is 66.6 Å². The fourth-order valence-electron chi connectivity index (χ4n) is 2.70. The lowest BCUT2D eigenvalue weighted by molar-refractivity contribution is -0.116. The number of ether oxygens (including phenoxy) is 1. The predicted octanol–water partition coefficient (Wildman–Crippen LogP) is 3.00. The highest BCUT2D eigenvalue weighted by molar-refractivity contribution is 5.91. The van der Waals surface area contributed by atoms with E-state index in [9.17, 15) is 4.79 Å². The second-order valence-electron chi connectivity index (χ2n) is 6.17. The zero-order valence-corrected chi connectivity index (χ0v) is 15.1. The van der Waals surface area contributed by atoms with Crippen LogP contribution in [-0.4, -0.2) is 32.7 Å². The molecule has 0 aliphatic rings. The van der Waals surface area contributed by atoms with Gasteiger partial charge >= 0.3 is 0 Å². The summed E-state index contributed by atoms with van der Waals surface area (Å²) < 4.78 is 7.29. The number of benzene rings is 2. The number of aryl methyl sites for hydroxylation is 3. The number of rotatable bonds is 6. The third-order valence-electron chi connectivity index (χ3n) is 3.99. The summed E-state index contributed by atoms with van der Waals surface area (Å²) in [5.74, 6) is 0.717. The lowest BCUT2D eigenvalue weighted by atomic mass is 10.1. The fourth-order valence-corrected chi connectivity index (χ4v) is 2.70. The number of amides is 1. The smallest absolute Gasteiger partial charge is 0.227 e. The Hall–Kier alpha value is -3.22. The second kappa shape index (κ2) is 7.77. The van der Waals surface area contributed by atoms with Gasteiger partial charge in [-0.15, -0.1) is 5.10 Å². The first-order chi connectivity index (χ1) is 12.5. The Morgan fingerprint density at radius 1 is 1.12 bits per heavy atom. The number of hydrogen-bond donors (Lipinski definition) is 1. The van der Waals surface area contributed by atoms with Crippen molar-refractivity contribution in [2.45, 2.75) is 27.2 Å². The normalized spacial score (nSPS) is 10.6. The maximum absolute atomic E-state index is 12.1. The average Bonchev–Trinajstić information content (AvgIpc) is 3.11. The summed E-state index contributed by atoms with van der Waals surface area (Å²) in [5.41, 5.74) is 4.82. The molecule has 1 aromatic heterocycles. The number of nitrogens with one attached hydrogen (secondary N) is 1. The van der Waals surface area contributed by atoms with Crippen LogP contribution in [0, 0.1) is 20.8 Å². The SMILES string of the molecule is Cc1ccc(OCCC(=O)Nc2ccc(-n3cnnn3)c(C)c2)c(C)c1. The molecule has 3 aromatic rings.